The summed E-state index contributed by atoms with van der Waals surface area (Å²) >= 11 is 6.01. The zero-order chi connectivity index (χ0) is 13.9. The van der Waals surface area contributed by atoms with Gasteiger partial charge in [-0.2, -0.15) is 0 Å². The minimum absolute atomic E-state index is 0.360. The Bertz CT molecular complexity index is 438. The second kappa shape index (κ2) is 5.59. The lowest BCUT2D eigenvalue weighted by Gasteiger charge is -2.20. The highest BCUT2D eigenvalue weighted by molar-refractivity contribution is 6.33. The highest BCUT2D eigenvalue weighted by atomic mass is 35.5. The molecule has 0 saturated carbocycles. The summed E-state index contributed by atoms with van der Waals surface area (Å²) in [6.07, 6.45) is -1.16. The first-order chi connectivity index (χ1) is 8.19. The molecule has 1 atom stereocenters. The molecule has 18 heavy (non-hydrogen) atoms. The third-order valence-electron chi connectivity index (χ3n) is 2.11. The van der Waals surface area contributed by atoms with Crippen molar-refractivity contribution in [2.75, 3.05) is 5.32 Å². The molecule has 0 spiro atoms. The van der Waals surface area contributed by atoms with Gasteiger partial charge in [0, 0.05) is 0 Å². The number of ether oxygens (including phenoxy) is 1. The van der Waals surface area contributed by atoms with Crippen molar-refractivity contribution < 1.29 is 14.6 Å². The Kier molecular flexibility index (Phi) is 4.59. The van der Waals surface area contributed by atoms with Crippen molar-refractivity contribution >= 4 is 23.4 Å². The van der Waals surface area contributed by atoms with E-state index in [4.69, 9.17) is 16.3 Å². The van der Waals surface area contributed by atoms with Gasteiger partial charge in [-0.1, -0.05) is 17.7 Å². The highest BCUT2D eigenvalue weighted by Crippen LogP contribution is 2.26. The average Bonchev–Trinajstić information content (AvgIpc) is 2.17. The van der Waals surface area contributed by atoms with E-state index in [9.17, 15) is 9.90 Å². The molecule has 4 nitrogen and oxygen atoms in total. The van der Waals surface area contributed by atoms with E-state index in [0.717, 1.165) is 0 Å². The second-order valence-corrected chi connectivity index (χ2v) is 5.45. The molecular weight excluding hydrogens is 254 g/mol. The molecule has 0 saturated heterocycles. The number of carbonyl (C=O) groups is 1. The Morgan fingerprint density at radius 2 is 2.06 bits per heavy atom. The second-order valence-electron chi connectivity index (χ2n) is 5.04. The Morgan fingerprint density at radius 1 is 1.44 bits per heavy atom. The van der Waals surface area contributed by atoms with Crippen molar-refractivity contribution in [3.8, 4) is 0 Å². The van der Waals surface area contributed by atoms with Crippen LogP contribution in [0.3, 0.4) is 0 Å². The summed E-state index contributed by atoms with van der Waals surface area (Å²) in [7, 11) is 0. The van der Waals surface area contributed by atoms with E-state index in [-0.39, 0.29) is 0 Å². The van der Waals surface area contributed by atoms with E-state index in [1.165, 1.54) is 0 Å². The van der Waals surface area contributed by atoms with Crippen LogP contribution in [0.15, 0.2) is 18.2 Å². The molecule has 0 aliphatic rings. The maximum absolute atomic E-state index is 11.6. The first-order valence-electron chi connectivity index (χ1n) is 5.66. The SMILES string of the molecule is C[C@@H](O)c1ccc(NC(=O)OC(C)(C)C)c(Cl)c1. The summed E-state index contributed by atoms with van der Waals surface area (Å²) in [4.78, 5) is 11.6. The first-order valence-corrected chi connectivity index (χ1v) is 6.04. The Labute approximate surface area is 112 Å². The largest absolute Gasteiger partial charge is 0.444 e. The fraction of sp³-hybridized carbons (Fsp3) is 0.462. The predicted octanol–water partition coefficient (Wildman–Crippen LogP) is 3.74. The zero-order valence-electron chi connectivity index (χ0n) is 11.0. The Hall–Kier alpha value is -1.26. The fourth-order valence-electron chi connectivity index (χ4n) is 1.31. The molecule has 0 aliphatic heterocycles. The number of carbonyl (C=O) groups excluding carboxylic acids is 1. The topological polar surface area (TPSA) is 58.6 Å². The van der Waals surface area contributed by atoms with Crippen molar-refractivity contribution in [1.29, 1.82) is 0 Å². The number of rotatable bonds is 2. The number of halogens is 1. The molecular formula is C13H18ClNO3. The van der Waals surface area contributed by atoms with Crippen molar-refractivity contribution in [1.82, 2.24) is 0 Å². The van der Waals surface area contributed by atoms with Crippen LogP contribution in [-0.4, -0.2) is 16.8 Å². The number of anilines is 1. The lowest BCUT2D eigenvalue weighted by atomic mass is 10.1. The van der Waals surface area contributed by atoms with E-state index >= 15 is 0 Å². The lowest BCUT2D eigenvalue weighted by molar-refractivity contribution is 0.0636. The van der Waals surface area contributed by atoms with Gasteiger partial charge in [0.25, 0.3) is 0 Å². The molecule has 2 N–H and O–H groups in total. The third kappa shape index (κ3) is 4.55. The summed E-state index contributed by atoms with van der Waals surface area (Å²) in [6.45, 7) is 6.99. The zero-order valence-corrected chi connectivity index (χ0v) is 11.7. The highest BCUT2D eigenvalue weighted by Gasteiger charge is 2.17. The van der Waals surface area contributed by atoms with Crippen LogP contribution in [0.25, 0.3) is 0 Å². The molecule has 0 heterocycles. The number of nitrogens with one attached hydrogen (secondary N) is 1. The summed E-state index contributed by atoms with van der Waals surface area (Å²) in [5, 5.41) is 12.3. The molecule has 1 rings (SSSR count). The minimum atomic E-state index is -0.599. The van der Waals surface area contributed by atoms with Crippen LogP contribution < -0.4 is 5.32 Å². The van der Waals surface area contributed by atoms with Crippen molar-refractivity contribution in [2.45, 2.75) is 39.4 Å². The number of aliphatic hydroxyl groups is 1. The molecule has 0 aromatic heterocycles. The van der Waals surface area contributed by atoms with Gasteiger partial charge in [-0.05, 0) is 45.4 Å². The molecule has 0 aliphatic carbocycles. The maximum atomic E-state index is 11.6. The van der Waals surface area contributed by atoms with Crippen LogP contribution in [-0.2, 0) is 4.74 Å². The molecule has 0 unspecified atom stereocenters. The number of benzene rings is 1. The molecule has 5 heteroatoms. The number of aliphatic hydroxyl groups excluding tert-OH is 1. The summed E-state index contributed by atoms with van der Waals surface area (Å²) in [6, 6.07) is 4.94. The quantitative estimate of drug-likeness (QED) is 0.861. The monoisotopic (exact) mass is 271 g/mol. The third-order valence-corrected chi connectivity index (χ3v) is 2.42. The van der Waals surface area contributed by atoms with Crippen LogP contribution in [0, 0.1) is 0 Å². The van der Waals surface area contributed by atoms with Crippen LogP contribution >= 0.6 is 11.6 Å². The van der Waals surface area contributed by atoms with Gasteiger partial charge in [-0.15, -0.1) is 0 Å². The van der Waals surface area contributed by atoms with Gasteiger partial charge >= 0.3 is 6.09 Å². The van der Waals surface area contributed by atoms with E-state index < -0.39 is 17.8 Å². The first kappa shape index (κ1) is 14.8. The van der Waals surface area contributed by atoms with Crippen LogP contribution in [0.2, 0.25) is 5.02 Å². The Morgan fingerprint density at radius 3 is 2.50 bits per heavy atom. The van der Waals surface area contributed by atoms with Crippen molar-refractivity contribution in [2.24, 2.45) is 0 Å². The molecule has 0 radical (unpaired) electrons. The smallest absolute Gasteiger partial charge is 0.412 e. The summed E-state index contributed by atoms with van der Waals surface area (Å²) in [5.41, 5.74) is 0.584. The van der Waals surface area contributed by atoms with Gasteiger partial charge in [0.15, 0.2) is 0 Å². The van der Waals surface area contributed by atoms with Gasteiger partial charge in [-0.3, -0.25) is 5.32 Å². The Balaban J connectivity index is 2.77. The fourth-order valence-corrected chi connectivity index (χ4v) is 1.54. The van der Waals surface area contributed by atoms with Crippen LogP contribution in [0.4, 0.5) is 10.5 Å². The normalized spacial score (nSPS) is 13.0. The van der Waals surface area contributed by atoms with Crippen LogP contribution in [0.1, 0.15) is 39.4 Å². The molecule has 1 aromatic carbocycles. The van der Waals surface area contributed by atoms with Gasteiger partial charge in [0.2, 0.25) is 0 Å². The standard InChI is InChI=1S/C13H18ClNO3/c1-8(16)9-5-6-11(10(14)7-9)15-12(17)18-13(2,3)4/h5-8,16H,1-4H3,(H,15,17)/t8-/m1/s1. The summed E-state index contributed by atoms with van der Waals surface area (Å²) in [5.74, 6) is 0. The molecule has 0 fully saturated rings. The van der Waals surface area contributed by atoms with Gasteiger partial charge in [-0.25, -0.2) is 4.79 Å². The van der Waals surface area contributed by atoms with Crippen molar-refractivity contribution in [3.63, 3.8) is 0 Å². The molecule has 1 amide bonds. The summed E-state index contributed by atoms with van der Waals surface area (Å²) < 4.78 is 5.12. The van der Waals surface area contributed by atoms with Crippen molar-refractivity contribution in [3.05, 3.63) is 28.8 Å². The van der Waals surface area contributed by atoms with Gasteiger partial charge in [0.05, 0.1) is 16.8 Å². The number of hydrogen-bond donors (Lipinski definition) is 2. The van der Waals surface area contributed by atoms with Gasteiger partial charge < -0.3 is 9.84 Å². The molecule has 100 valence electrons. The predicted molar refractivity (Wildman–Crippen MR) is 71.9 cm³/mol. The molecule has 0 bridgehead atoms. The average molecular weight is 272 g/mol. The maximum Gasteiger partial charge on any atom is 0.412 e. The molecule has 1 aromatic rings. The van der Waals surface area contributed by atoms with E-state index in [2.05, 4.69) is 5.32 Å². The number of hydrogen-bond acceptors (Lipinski definition) is 3. The van der Waals surface area contributed by atoms with E-state index in [1.54, 1.807) is 45.9 Å². The van der Waals surface area contributed by atoms with Crippen LogP contribution in [0.5, 0.6) is 0 Å². The van der Waals surface area contributed by atoms with Gasteiger partial charge in [0.1, 0.15) is 5.60 Å². The minimum Gasteiger partial charge on any atom is -0.444 e. The lowest BCUT2D eigenvalue weighted by Crippen LogP contribution is -2.27. The number of amides is 1. The van der Waals surface area contributed by atoms with E-state index in [0.29, 0.717) is 16.3 Å². The van der Waals surface area contributed by atoms with E-state index in [1.807, 2.05) is 0 Å².